The summed E-state index contributed by atoms with van der Waals surface area (Å²) < 4.78 is 0. The molecule has 0 atom stereocenters. The Morgan fingerprint density at radius 2 is 1.02 bits per heavy atom. The first-order valence-electron chi connectivity index (χ1n) is 20.0. The topological polar surface area (TPSA) is 62.5 Å². The number of fused-ring (bicyclic) bond motifs is 7. The van der Waals surface area contributed by atoms with Crippen molar-refractivity contribution in [1.29, 1.82) is 5.26 Å². The molecule has 276 valence electrons. The maximum absolute atomic E-state index is 9.46. The van der Waals surface area contributed by atoms with Gasteiger partial charge < -0.3 is 0 Å². The van der Waals surface area contributed by atoms with Crippen LogP contribution in [0.15, 0.2) is 182 Å². The van der Waals surface area contributed by atoms with Crippen molar-refractivity contribution < 1.29 is 0 Å². The summed E-state index contributed by atoms with van der Waals surface area (Å²) in [6, 6.07) is 66.1. The summed E-state index contributed by atoms with van der Waals surface area (Å²) >= 11 is 0. The van der Waals surface area contributed by atoms with E-state index in [1.165, 1.54) is 27.8 Å². The fourth-order valence-corrected chi connectivity index (χ4v) is 9.35. The van der Waals surface area contributed by atoms with Crippen molar-refractivity contribution in [2.24, 2.45) is 0 Å². The second kappa shape index (κ2) is 13.4. The first kappa shape index (κ1) is 34.5. The Hall–Kier alpha value is -7.74. The predicted octanol–water partition coefficient (Wildman–Crippen LogP) is 13.8. The van der Waals surface area contributed by atoms with E-state index in [9.17, 15) is 5.26 Å². The van der Waals surface area contributed by atoms with Gasteiger partial charge in [-0.15, -0.1) is 0 Å². The predicted molar refractivity (Wildman–Crippen MR) is 242 cm³/mol. The third kappa shape index (κ3) is 5.47. The van der Waals surface area contributed by atoms with Crippen molar-refractivity contribution in [3.05, 3.63) is 199 Å². The number of nitriles is 1. The molecule has 10 aromatic rings. The van der Waals surface area contributed by atoms with Gasteiger partial charge in [-0.25, -0.2) is 15.0 Å². The van der Waals surface area contributed by atoms with E-state index < -0.39 is 0 Å². The van der Waals surface area contributed by atoms with E-state index in [1.54, 1.807) is 0 Å². The molecule has 4 nitrogen and oxygen atoms in total. The molecule has 0 bridgehead atoms. The van der Waals surface area contributed by atoms with E-state index in [4.69, 9.17) is 15.0 Å². The average Bonchev–Trinajstić information content (AvgIpc) is 3.54. The van der Waals surface area contributed by atoms with Crippen molar-refractivity contribution in [3.8, 4) is 73.6 Å². The van der Waals surface area contributed by atoms with Crippen LogP contribution in [0.3, 0.4) is 0 Å². The second-order valence-electron chi connectivity index (χ2n) is 15.8. The van der Waals surface area contributed by atoms with E-state index in [2.05, 4.69) is 178 Å². The van der Waals surface area contributed by atoms with Crippen molar-refractivity contribution in [3.63, 3.8) is 0 Å². The summed E-state index contributed by atoms with van der Waals surface area (Å²) in [5.41, 5.74) is 12.6. The minimum absolute atomic E-state index is 0.186. The highest BCUT2D eigenvalue weighted by Crippen LogP contribution is 2.52. The van der Waals surface area contributed by atoms with Crippen LogP contribution >= 0.6 is 0 Å². The highest BCUT2D eigenvalue weighted by molar-refractivity contribution is 6.27. The average molecular weight is 753 g/mol. The smallest absolute Gasteiger partial charge is 0.165 e. The highest BCUT2D eigenvalue weighted by Gasteiger charge is 2.37. The molecule has 0 aliphatic heterocycles. The third-order valence-electron chi connectivity index (χ3n) is 12.2. The molecule has 0 fully saturated rings. The zero-order valence-electron chi connectivity index (χ0n) is 32.6. The molecule has 4 heteroatoms. The van der Waals surface area contributed by atoms with E-state index >= 15 is 0 Å². The molecule has 0 N–H and O–H groups in total. The molecule has 0 saturated carbocycles. The van der Waals surface area contributed by atoms with Crippen LogP contribution < -0.4 is 0 Å². The van der Waals surface area contributed by atoms with E-state index in [1.807, 2.05) is 24.3 Å². The fourth-order valence-electron chi connectivity index (χ4n) is 9.35. The monoisotopic (exact) mass is 752 g/mol. The minimum atomic E-state index is -0.186. The molecular weight excluding hydrogens is 717 g/mol. The molecule has 0 amide bonds. The lowest BCUT2D eigenvalue weighted by molar-refractivity contribution is 0.660. The second-order valence-corrected chi connectivity index (χ2v) is 15.8. The van der Waals surface area contributed by atoms with Crippen LogP contribution in [0.1, 0.15) is 30.5 Å². The first-order chi connectivity index (χ1) is 29.0. The molecule has 1 aromatic heterocycles. The number of hydrogen-bond acceptors (Lipinski definition) is 4. The Bertz CT molecular complexity index is 3360. The van der Waals surface area contributed by atoms with Crippen LogP contribution in [-0.4, -0.2) is 15.0 Å². The Labute approximate surface area is 342 Å². The lowest BCUT2D eigenvalue weighted by atomic mass is 9.82. The molecule has 0 unspecified atom stereocenters. The lowest BCUT2D eigenvalue weighted by Crippen LogP contribution is -2.14. The Morgan fingerprint density at radius 3 is 1.83 bits per heavy atom. The van der Waals surface area contributed by atoms with Gasteiger partial charge in [-0.1, -0.05) is 178 Å². The van der Waals surface area contributed by atoms with Crippen LogP contribution in [0.5, 0.6) is 0 Å². The molecular formula is C55H36N4. The summed E-state index contributed by atoms with van der Waals surface area (Å²) in [7, 11) is 0. The van der Waals surface area contributed by atoms with Crippen LogP contribution in [0.2, 0.25) is 0 Å². The van der Waals surface area contributed by atoms with Crippen molar-refractivity contribution in [1.82, 2.24) is 15.0 Å². The van der Waals surface area contributed by atoms with Crippen LogP contribution in [0.4, 0.5) is 0 Å². The Kier molecular flexibility index (Phi) is 7.86. The molecule has 11 rings (SSSR count). The number of aromatic nitrogens is 3. The van der Waals surface area contributed by atoms with Gasteiger partial charge in [0, 0.05) is 27.5 Å². The summed E-state index contributed by atoms with van der Waals surface area (Å²) in [4.78, 5) is 16.4. The zero-order chi connectivity index (χ0) is 39.7. The molecule has 0 spiro atoms. The molecule has 59 heavy (non-hydrogen) atoms. The SMILES string of the molecule is CC1(C)c2ccccc2-c2c(-c3nc(-c4cccc(-c5ccc(C#N)cc5)c4)nc(-c4c5ccccc5c(-c5ccccc5)c5ccc6ccccc6c45)n3)cccc21. The van der Waals surface area contributed by atoms with Gasteiger partial charge in [0.05, 0.1) is 11.6 Å². The summed E-state index contributed by atoms with van der Waals surface area (Å²) in [5, 5.41) is 16.2. The van der Waals surface area contributed by atoms with Gasteiger partial charge in [0.15, 0.2) is 17.5 Å². The standard InChI is InChI=1S/C55H36N4/c1-55(2)46-24-11-10-22-43(46)49-45(23-13-25-47(49)55)53-57-52(39-18-12-17-38(32-39)35-28-26-34(33-56)27-29-35)58-54(59-53)51-42-21-9-8-20-41(42)48(37-15-4-3-5-16-37)44-31-30-36-14-6-7-19-40(36)50(44)51/h3-32H,1-2H3. The van der Waals surface area contributed by atoms with E-state index in [0.717, 1.165) is 65.7 Å². The first-order valence-corrected chi connectivity index (χ1v) is 20.0. The number of benzene rings is 9. The Morgan fingerprint density at radius 1 is 0.407 bits per heavy atom. The van der Waals surface area contributed by atoms with Crippen LogP contribution in [-0.2, 0) is 5.41 Å². The number of hydrogen-bond donors (Lipinski definition) is 0. The van der Waals surface area contributed by atoms with Crippen LogP contribution in [0.25, 0.3) is 99.9 Å². The maximum Gasteiger partial charge on any atom is 0.165 e. The van der Waals surface area contributed by atoms with Gasteiger partial charge in [-0.05, 0) is 89.6 Å². The van der Waals surface area contributed by atoms with Gasteiger partial charge in [-0.2, -0.15) is 5.26 Å². The van der Waals surface area contributed by atoms with Crippen molar-refractivity contribution >= 4 is 32.3 Å². The summed E-state index contributed by atoms with van der Waals surface area (Å²) in [6.45, 7) is 4.61. The molecule has 1 heterocycles. The quantitative estimate of drug-likeness (QED) is 0.130. The largest absolute Gasteiger partial charge is 0.208 e. The fraction of sp³-hybridized carbons (Fsp3) is 0.0545. The maximum atomic E-state index is 9.46. The van der Waals surface area contributed by atoms with Crippen molar-refractivity contribution in [2.75, 3.05) is 0 Å². The van der Waals surface area contributed by atoms with Gasteiger partial charge in [0.2, 0.25) is 0 Å². The normalized spacial score (nSPS) is 12.7. The highest BCUT2D eigenvalue weighted by atomic mass is 15.0. The van der Waals surface area contributed by atoms with Crippen molar-refractivity contribution in [2.45, 2.75) is 19.3 Å². The number of rotatable bonds is 5. The zero-order valence-corrected chi connectivity index (χ0v) is 32.6. The Balaban J connectivity index is 1.25. The van der Waals surface area contributed by atoms with E-state index in [0.29, 0.717) is 23.0 Å². The molecule has 1 aliphatic rings. The minimum Gasteiger partial charge on any atom is -0.208 e. The molecule has 0 saturated heterocycles. The summed E-state index contributed by atoms with van der Waals surface area (Å²) in [6.07, 6.45) is 0. The van der Waals surface area contributed by atoms with Crippen LogP contribution in [0, 0.1) is 11.3 Å². The number of nitrogens with zero attached hydrogens (tertiary/aromatic N) is 4. The molecule has 9 aromatic carbocycles. The van der Waals surface area contributed by atoms with E-state index in [-0.39, 0.29) is 5.41 Å². The van der Waals surface area contributed by atoms with Gasteiger partial charge in [0.25, 0.3) is 0 Å². The molecule has 1 aliphatic carbocycles. The van der Waals surface area contributed by atoms with Gasteiger partial charge >= 0.3 is 0 Å². The summed E-state index contributed by atoms with van der Waals surface area (Å²) in [5.74, 6) is 1.84. The molecule has 0 radical (unpaired) electrons. The van der Waals surface area contributed by atoms with Gasteiger partial charge in [-0.3, -0.25) is 0 Å². The third-order valence-corrected chi connectivity index (χ3v) is 12.2. The lowest BCUT2D eigenvalue weighted by Gasteiger charge is -2.21. The van der Waals surface area contributed by atoms with Gasteiger partial charge in [0.1, 0.15) is 0 Å².